The van der Waals surface area contributed by atoms with E-state index in [-0.39, 0.29) is 0 Å². The lowest BCUT2D eigenvalue weighted by Crippen LogP contribution is -2.94. The van der Waals surface area contributed by atoms with Crippen LogP contribution in [-0.4, -0.2) is 0 Å². The number of hydrogen-bond acceptors (Lipinski definition) is 0. The first-order valence-electron chi connectivity index (χ1n) is 9.47. The van der Waals surface area contributed by atoms with E-state index in [1.165, 1.54) is 6.42 Å². The van der Waals surface area contributed by atoms with E-state index in [9.17, 15) is 0 Å². The summed E-state index contributed by atoms with van der Waals surface area (Å²) < 4.78 is 0. The van der Waals surface area contributed by atoms with E-state index in [0.717, 1.165) is 0 Å². The molecule has 0 saturated heterocycles. The molecule has 0 bridgehead atoms. The largest absolute Gasteiger partial charge is 0.0648 e. The quantitative estimate of drug-likeness (QED) is 0.506. The Hall–Kier alpha value is 0. The fraction of sp³-hybridized carbons (Fsp3) is 1.00. The van der Waals surface area contributed by atoms with E-state index in [0.29, 0.717) is 43.8 Å². The van der Waals surface area contributed by atoms with Crippen molar-refractivity contribution in [2.24, 2.45) is 43.8 Å². The summed E-state index contributed by atoms with van der Waals surface area (Å²) in [7, 11) is 0. The molecule has 0 amide bonds. The van der Waals surface area contributed by atoms with E-state index in [2.05, 4.69) is 90.0 Å². The molecule has 2 saturated carbocycles. The Labute approximate surface area is 140 Å². The summed E-state index contributed by atoms with van der Waals surface area (Å²) >= 11 is 0. The lowest BCUT2D eigenvalue weighted by molar-refractivity contribution is -0.513. The van der Waals surface area contributed by atoms with E-state index >= 15 is 0 Å². The van der Waals surface area contributed by atoms with Crippen molar-refractivity contribution < 1.29 is 0 Å². The van der Waals surface area contributed by atoms with Crippen LogP contribution in [0.25, 0.3) is 0 Å². The molecule has 0 N–H and O–H groups in total. The van der Waals surface area contributed by atoms with Crippen LogP contribution in [0.2, 0.25) is 0 Å². The predicted octanol–water partition coefficient (Wildman–Crippen LogP) is 7.18. The highest BCUT2D eigenvalue weighted by Crippen LogP contribution is 2.99. The predicted molar refractivity (Wildman–Crippen MR) is 98.9 cm³/mol. The van der Waals surface area contributed by atoms with Crippen LogP contribution in [0.5, 0.6) is 0 Å². The molecule has 0 heterocycles. The molecule has 0 aliphatic heterocycles. The van der Waals surface area contributed by atoms with Crippen molar-refractivity contribution >= 4 is 0 Å². The second kappa shape index (κ2) is 3.97. The third kappa shape index (κ3) is 1.19. The van der Waals surface area contributed by atoms with Gasteiger partial charge >= 0.3 is 0 Å². The van der Waals surface area contributed by atoms with Gasteiger partial charge in [-0.1, -0.05) is 90.0 Å². The van der Waals surface area contributed by atoms with Gasteiger partial charge in [0.1, 0.15) is 0 Å². The fourth-order valence-electron chi connectivity index (χ4n) is 8.35. The Kier molecular flexibility index (Phi) is 3.31. The standard InChI is InChI=1S/C22H42/c1-14-19(10)20(11,15(2)16(3,4)5)22(13)18(8,9)17(6,7)21(19,22)12/h15H,14H2,1-13H3. The minimum Gasteiger partial charge on any atom is -0.0648 e. The molecule has 0 nitrogen and oxygen atoms in total. The van der Waals surface area contributed by atoms with Gasteiger partial charge in [-0.2, -0.15) is 0 Å². The van der Waals surface area contributed by atoms with Crippen molar-refractivity contribution in [1.82, 2.24) is 0 Å². The third-order valence-electron chi connectivity index (χ3n) is 11.2. The molecule has 2 rings (SSSR count). The number of fused-ring (bicyclic) bond motifs is 1. The van der Waals surface area contributed by atoms with Gasteiger partial charge in [0.15, 0.2) is 0 Å². The summed E-state index contributed by atoms with van der Waals surface area (Å²) in [6, 6.07) is 0. The SMILES string of the molecule is CCC1(C)C(C)(C(C)C(C)(C)C)C2(C)C(C)(C)C(C)(C)C12C. The molecule has 22 heavy (non-hydrogen) atoms. The molecular formula is C22H42. The van der Waals surface area contributed by atoms with Crippen LogP contribution in [-0.2, 0) is 0 Å². The highest BCUT2D eigenvalue weighted by atomic mass is 15.0. The minimum absolute atomic E-state index is 0.353. The van der Waals surface area contributed by atoms with Crippen LogP contribution in [0.1, 0.15) is 96.4 Å². The lowest BCUT2D eigenvalue weighted by Gasteiger charge is -2.98. The van der Waals surface area contributed by atoms with E-state index in [1.54, 1.807) is 0 Å². The van der Waals surface area contributed by atoms with Gasteiger partial charge in [0.2, 0.25) is 0 Å². The topological polar surface area (TPSA) is 0 Å². The van der Waals surface area contributed by atoms with Crippen LogP contribution in [0.3, 0.4) is 0 Å². The Bertz CT molecular complexity index is 491. The molecule has 0 heteroatoms. The van der Waals surface area contributed by atoms with Gasteiger partial charge in [-0.3, -0.25) is 0 Å². The van der Waals surface area contributed by atoms with Gasteiger partial charge in [0.25, 0.3) is 0 Å². The lowest BCUT2D eigenvalue weighted by atomic mass is 9.05. The van der Waals surface area contributed by atoms with E-state index in [4.69, 9.17) is 0 Å². The molecule has 130 valence electrons. The molecule has 2 aliphatic carbocycles. The van der Waals surface area contributed by atoms with Gasteiger partial charge in [0, 0.05) is 0 Å². The zero-order valence-corrected chi connectivity index (χ0v) is 17.8. The summed E-state index contributed by atoms with van der Waals surface area (Å²) in [5.74, 6) is 0.707. The molecule has 5 atom stereocenters. The van der Waals surface area contributed by atoms with Gasteiger partial charge < -0.3 is 0 Å². The van der Waals surface area contributed by atoms with E-state index in [1.807, 2.05) is 0 Å². The Morgan fingerprint density at radius 2 is 1.09 bits per heavy atom. The second-order valence-electron chi connectivity index (χ2n) is 11.5. The van der Waals surface area contributed by atoms with Crippen LogP contribution < -0.4 is 0 Å². The first kappa shape index (κ1) is 18.3. The molecule has 0 radical (unpaired) electrons. The van der Waals surface area contributed by atoms with E-state index < -0.39 is 0 Å². The smallest absolute Gasteiger partial charge is 0.0143 e. The first-order valence-corrected chi connectivity index (χ1v) is 9.47. The minimum atomic E-state index is 0.353. The summed E-state index contributed by atoms with van der Waals surface area (Å²) in [5, 5.41) is 0. The maximum atomic E-state index is 2.63. The summed E-state index contributed by atoms with van der Waals surface area (Å²) in [5.41, 5.74) is 2.70. The zero-order chi connectivity index (χ0) is 17.8. The maximum absolute atomic E-state index is 2.63. The average Bonchev–Trinajstić information content (AvgIpc) is 2.40. The second-order valence-corrected chi connectivity index (χ2v) is 11.5. The molecule has 0 aromatic heterocycles. The molecule has 2 fully saturated rings. The Balaban J connectivity index is 2.73. The molecule has 0 spiro atoms. The van der Waals surface area contributed by atoms with Crippen LogP contribution in [0.15, 0.2) is 0 Å². The maximum Gasteiger partial charge on any atom is -0.0143 e. The van der Waals surface area contributed by atoms with Crippen LogP contribution in [0.4, 0.5) is 0 Å². The van der Waals surface area contributed by atoms with Gasteiger partial charge in [0.05, 0.1) is 0 Å². The highest BCUT2D eigenvalue weighted by molar-refractivity contribution is 5.41. The zero-order valence-electron chi connectivity index (χ0n) is 17.8. The van der Waals surface area contributed by atoms with Crippen molar-refractivity contribution in [2.75, 3.05) is 0 Å². The number of hydrogen-bond donors (Lipinski definition) is 0. The normalized spacial score (nSPS) is 50.6. The van der Waals surface area contributed by atoms with Gasteiger partial charge in [-0.15, -0.1) is 0 Å². The molecule has 0 aromatic rings. The van der Waals surface area contributed by atoms with Crippen molar-refractivity contribution in [3.63, 3.8) is 0 Å². The van der Waals surface area contributed by atoms with Crippen molar-refractivity contribution in [2.45, 2.75) is 96.4 Å². The molecular weight excluding hydrogens is 264 g/mol. The number of rotatable bonds is 2. The highest BCUT2D eigenvalue weighted by Gasteiger charge is 2.94. The summed E-state index contributed by atoms with van der Waals surface area (Å²) in [4.78, 5) is 0. The Morgan fingerprint density at radius 3 is 1.41 bits per heavy atom. The summed E-state index contributed by atoms with van der Waals surface area (Å²) in [6.45, 7) is 32.9. The average molecular weight is 307 g/mol. The molecule has 2 aliphatic rings. The Morgan fingerprint density at radius 1 is 0.727 bits per heavy atom. The van der Waals surface area contributed by atoms with Crippen LogP contribution >= 0.6 is 0 Å². The van der Waals surface area contributed by atoms with Crippen molar-refractivity contribution in [3.8, 4) is 0 Å². The van der Waals surface area contributed by atoms with Gasteiger partial charge in [-0.05, 0) is 50.2 Å². The monoisotopic (exact) mass is 306 g/mol. The van der Waals surface area contributed by atoms with Gasteiger partial charge in [-0.25, -0.2) is 0 Å². The molecule has 0 aromatic carbocycles. The molecule has 5 unspecified atom stereocenters. The first-order chi connectivity index (χ1) is 9.47. The fourth-order valence-corrected chi connectivity index (χ4v) is 8.35. The van der Waals surface area contributed by atoms with Crippen molar-refractivity contribution in [1.29, 1.82) is 0 Å². The summed E-state index contributed by atoms with van der Waals surface area (Å²) in [6.07, 6.45) is 1.29. The van der Waals surface area contributed by atoms with Crippen LogP contribution in [0, 0.1) is 43.8 Å². The third-order valence-corrected chi connectivity index (χ3v) is 11.2. The van der Waals surface area contributed by atoms with Crippen molar-refractivity contribution in [3.05, 3.63) is 0 Å².